The van der Waals surface area contributed by atoms with Crippen LogP contribution in [-0.4, -0.2) is 39.8 Å². The van der Waals surface area contributed by atoms with E-state index in [1.54, 1.807) is 25.8 Å². The van der Waals surface area contributed by atoms with Gasteiger partial charge in [0, 0.05) is 13.1 Å². The number of aromatic nitrogens is 2. The smallest absolute Gasteiger partial charge is 0.429 e. The summed E-state index contributed by atoms with van der Waals surface area (Å²) in [6.07, 6.45) is 1.86. The molecular formula is C18H20BrClF2N4O2. The highest BCUT2D eigenvalue weighted by Crippen LogP contribution is 2.34. The molecule has 1 fully saturated rings. The lowest BCUT2D eigenvalue weighted by Gasteiger charge is -2.35. The van der Waals surface area contributed by atoms with Crippen molar-refractivity contribution in [3.63, 3.8) is 0 Å². The fourth-order valence-electron chi connectivity index (χ4n) is 2.99. The third-order valence-electron chi connectivity index (χ3n) is 4.16. The molecule has 1 aliphatic heterocycles. The van der Waals surface area contributed by atoms with Gasteiger partial charge in [-0.2, -0.15) is 4.98 Å². The number of ether oxygens (including phenoxy) is 1. The molecule has 1 aromatic carbocycles. The van der Waals surface area contributed by atoms with Crippen LogP contribution < -0.4 is 5.01 Å². The largest absolute Gasteiger partial charge is 0.442 e. The fraction of sp³-hybridized carbons (Fsp3) is 0.500. The number of hydrogen-bond donors (Lipinski definition) is 0. The van der Waals surface area contributed by atoms with Gasteiger partial charge < -0.3 is 4.74 Å². The average molecular weight is 478 g/mol. The summed E-state index contributed by atoms with van der Waals surface area (Å²) in [7, 11) is 0. The minimum Gasteiger partial charge on any atom is -0.442 e. The van der Waals surface area contributed by atoms with Crippen LogP contribution in [-0.2, 0) is 4.74 Å². The van der Waals surface area contributed by atoms with E-state index >= 15 is 0 Å². The Morgan fingerprint density at radius 2 is 1.89 bits per heavy atom. The van der Waals surface area contributed by atoms with Gasteiger partial charge >= 0.3 is 6.09 Å². The van der Waals surface area contributed by atoms with Crippen molar-refractivity contribution in [1.29, 1.82) is 0 Å². The normalized spacial score (nSPS) is 15.7. The monoisotopic (exact) mass is 476 g/mol. The van der Waals surface area contributed by atoms with E-state index in [1.807, 2.05) is 0 Å². The average Bonchev–Trinajstić information content (AvgIpc) is 2.84. The molecule has 0 N–H and O–H groups in total. The van der Waals surface area contributed by atoms with Crippen LogP contribution in [0.2, 0.25) is 5.28 Å². The van der Waals surface area contributed by atoms with Crippen molar-refractivity contribution in [2.24, 2.45) is 0 Å². The summed E-state index contributed by atoms with van der Waals surface area (Å²) in [4.78, 5) is 20.9. The fourth-order valence-corrected chi connectivity index (χ4v) is 3.46. The summed E-state index contributed by atoms with van der Waals surface area (Å²) in [5.74, 6) is -1.51. The number of carbonyl (C=O) groups is 1. The van der Waals surface area contributed by atoms with Crippen LogP contribution >= 0.6 is 27.5 Å². The molecule has 0 radical (unpaired) electrons. The van der Waals surface area contributed by atoms with Crippen molar-refractivity contribution >= 4 is 50.3 Å². The van der Waals surface area contributed by atoms with Crippen molar-refractivity contribution in [2.75, 3.05) is 18.1 Å². The third-order valence-corrected chi connectivity index (χ3v) is 5.06. The first-order chi connectivity index (χ1) is 13.1. The lowest BCUT2D eigenvalue weighted by atomic mass is 10.2. The quantitative estimate of drug-likeness (QED) is 0.403. The lowest BCUT2D eigenvalue weighted by molar-refractivity contribution is 0.0232. The van der Waals surface area contributed by atoms with E-state index < -0.39 is 23.3 Å². The minimum absolute atomic E-state index is 0.123. The van der Waals surface area contributed by atoms with Crippen LogP contribution in [0.25, 0.3) is 10.9 Å². The van der Waals surface area contributed by atoms with Crippen LogP contribution in [0.3, 0.4) is 0 Å². The first-order valence-electron chi connectivity index (χ1n) is 8.87. The Kier molecular flexibility index (Phi) is 5.95. The molecule has 0 bridgehead atoms. The number of hydrogen-bond acceptors (Lipinski definition) is 5. The molecule has 28 heavy (non-hydrogen) atoms. The molecule has 6 nitrogen and oxygen atoms in total. The van der Waals surface area contributed by atoms with Crippen molar-refractivity contribution in [2.45, 2.75) is 45.6 Å². The standard InChI is InChI=1S/C18H20BrClF2N4O2/c1-18(2,3)28-17(27)26-8-6-4-5-7-25(26)15-10-9-11(21)12(19)13(22)14(10)23-16(20)24-15/h9H,4-8H2,1-3H3. The molecule has 10 heteroatoms. The number of hydrazine groups is 1. The predicted molar refractivity (Wildman–Crippen MR) is 106 cm³/mol. The molecule has 1 saturated heterocycles. The van der Waals surface area contributed by atoms with Crippen molar-refractivity contribution in [3.05, 3.63) is 27.5 Å². The Morgan fingerprint density at radius 3 is 2.57 bits per heavy atom. The molecule has 152 valence electrons. The van der Waals surface area contributed by atoms with Gasteiger partial charge in [0.05, 0.1) is 9.86 Å². The van der Waals surface area contributed by atoms with Gasteiger partial charge in [-0.25, -0.2) is 23.6 Å². The van der Waals surface area contributed by atoms with Crippen molar-refractivity contribution in [1.82, 2.24) is 15.0 Å². The minimum atomic E-state index is -0.876. The van der Waals surface area contributed by atoms with Gasteiger partial charge in [-0.1, -0.05) is 0 Å². The summed E-state index contributed by atoms with van der Waals surface area (Å²) >= 11 is 8.90. The Hall–Kier alpha value is -1.74. The number of anilines is 1. The van der Waals surface area contributed by atoms with Gasteiger partial charge in [-0.05, 0) is 73.6 Å². The first-order valence-corrected chi connectivity index (χ1v) is 10.0. The zero-order chi connectivity index (χ0) is 20.6. The summed E-state index contributed by atoms with van der Waals surface area (Å²) in [6.45, 7) is 6.12. The van der Waals surface area contributed by atoms with Gasteiger partial charge in [-0.3, -0.25) is 5.01 Å². The van der Waals surface area contributed by atoms with E-state index in [1.165, 1.54) is 5.01 Å². The summed E-state index contributed by atoms with van der Waals surface area (Å²) in [5, 5.41) is 2.91. The number of benzene rings is 1. The molecule has 0 unspecified atom stereocenters. The van der Waals surface area contributed by atoms with E-state index in [0.29, 0.717) is 13.1 Å². The van der Waals surface area contributed by atoms with Crippen molar-refractivity contribution < 1.29 is 18.3 Å². The molecule has 1 aromatic heterocycles. The van der Waals surface area contributed by atoms with E-state index in [9.17, 15) is 13.6 Å². The Labute approximate surface area is 174 Å². The first kappa shape index (κ1) is 21.0. The SMILES string of the molecule is CC(C)(C)OC(=O)N1CCCCCN1c1nc(Cl)nc2c(F)c(Br)c(F)cc12. The number of nitrogens with zero attached hydrogens (tertiary/aromatic N) is 4. The van der Waals surface area contributed by atoms with Crippen LogP contribution in [0, 0.1) is 11.6 Å². The predicted octanol–water partition coefficient (Wildman–Crippen LogP) is 5.47. The number of halogens is 4. The number of amides is 1. The Bertz CT molecular complexity index is 923. The summed E-state index contributed by atoms with van der Waals surface area (Å²) in [5.41, 5.74) is -0.819. The second-order valence-electron chi connectivity index (χ2n) is 7.49. The number of carbonyl (C=O) groups excluding carboxylic acids is 1. The number of fused-ring (bicyclic) bond motifs is 1. The van der Waals surface area contributed by atoms with E-state index in [4.69, 9.17) is 16.3 Å². The van der Waals surface area contributed by atoms with Gasteiger partial charge in [0.1, 0.15) is 16.9 Å². The molecule has 2 aromatic rings. The molecule has 1 amide bonds. The van der Waals surface area contributed by atoms with Gasteiger partial charge in [0.15, 0.2) is 11.6 Å². The van der Waals surface area contributed by atoms with Crippen LogP contribution in [0.1, 0.15) is 40.0 Å². The van der Waals surface area contributed by atoms with Crippen molar-refractivity contribution in [3.8, 4) is 0 Å². The highest BCUT2D eigenvalue weighted by molar-refractivity contribution is 9.10. The van der Waals surface area contributed by atoms with E-state index in [-0.39, 0.29) is 26.5 Å². The molecule has 1 aliphatic rings. The summed E-state index contributed by atoms with van der Waals surface area (Å²) < 4.78 is 34.0. The third kappa shape index (κ3) is 4.30. The van der Waals surface area contributed by atoms with Gasteiger partial charge in [0.25, 0.3) is 0 Å². The zero-order valence-electron chi connectivity index (χ0n) is 15.7. The topological polar surface area (TPSA) is 58.6 Å². The van der Waals surface area contributed by atoms with Crippen LogP contribution in [0.15, 0.2) is 10.5 Å². The van der Waals surface area contributed by atoms with Gasteiger partial charge in [-0.15, -0.1) is 0 Å². The molecule has 0 spiro atoms. The second kappa shape index (κ2) is 7.94. The van der Waals surface area contributed by atoms with Crippen LogP contribution in [0.4, 0.5) is 19.4 Å². The molecule has 0 saturated carbocycles. The maximum Gasteiger partial charge on any atom is 0.429 e. The van der Waals surface area contributed by atoms with E-state index in [0.717, 1.165) is 25.3 Å². The Balaban J connectivity index is 2.15. The molecule has 0 atom stereocenters. The highest BCUT2D eigenvalue weighted by Gasteiger charge is 2.31. The summed E-state index contributed by atoms with van der Waals surface area (Å²) in [6, 6.07) is 1.13. The second-order valence-corrected chi connectivity index (χ2v) is 8.62. The molecule has 3 rings (SSSR count). The van der Waals surface area contributed by atoms with Gasteiger partial charge in [0.2, 0.25) is 5.28 Å². The molecular weight excluding hydrogens is 458 g/mol. The maximum atomic E-state index is 14.6. The zero-order valence-corrected chi connectivity index (χ0v) is 18.1. The number of rotatable bonds is 1. The Morgan fingerprint density at radius 1 is 1.21 bits per heavy atom. The van der Waals surface area contributed by atoms with E-state index in [2.05, 4.69) is 25.9 Å². The highest BCUT2D eigenvalue weighted by atomic mass is 79.9. The van der Waals surface area contributed by atoms with Crippen LogP contribution in [0.5, 0.6) is 0 Å². The molecule has 2 heterocycles. The maximum absolute atomic E-state index is 14.6. The molecule has 0 aliphatic carbocycles. The lowest BCUT2D eigenvalue weighted by Crippen LogP contribution is -2.49.